The van der Waals surface area contributed by atoms with Crippen LogP contribution in [0, 0.1) is 5.21 Å². The Morgan fingerprint density at radius 2 is 1.41 bits per heavy atom. The van der Waals surface area contributed by atoms with E-state index in [2.05, 4.69) is 5.16 Å². The Balaban J connectivity index is 2.24. The molecule has 0 aliphatic heterocycles. The Hall–Kier alpha value is -1.46. The molecular formula is C14H6Cl4N2O2. The molecule has 0 atom stereocenters. The van der Waals surface area contributed by atoms with Crippen LogP contribution in [0.3, 0.4) is 0 Å². The van der Waals surface area contributed by atoms with Gasteiger partial charge in [-0.05, 0) is 41.3 Å². The van der Waals surface area contributed by atoms with Crippen LogP contribution < -0.4 is 4.90 Å². The zero-order valence-electron chi connectivity index (χ0n) is 10.7. The first-order valence-electron chi connectivity index (χ1n) is 5.98. The van der Waals surface area contributed by atoms with Gasteiger partial charge >= 0.3 is 0 Å². The molecule has 0 bridgehead atoms. The summed E-state index contributed by atoms with van der Waals surface area (Å²) in [4.78, 5) is 0.273. The normalized spacial score (nSPS) is 10.9. The molecule has 0 amide bonds. The lowest BCUT2D eigenvalue weighted by Gasteiger charge is -2.04. The molecule has 22 heavy (non-hydrogen) atoms. The van der Waals surface area contributed by atoms with Crippen molar-refractivity contribution in [2.75, 3.05) is 0 Å². The zero-order chi connectivity index (χ0) is 15.9. The number of benzene rings is 2. The average Bonchev–Trinajstić information content (AvgIpc) is 2.81. The van der Waals surface area contributed by atoms with E-state index in [1.807, 2.05) is 0 Å². The molecule has 0 fully saturated rings. The lowest BCUT2D eigenvalue weighted by molar-refractivity contribution is -0.793. The molecule has 0 aliphatic rings. The molecule has 4 nitrogen and oxygen atoms in total. The van der Waals surface area contributed by atoms with Crippen molar-refractivity contribution in [3.05, 3.63) is 61.7 Å². The van der Waals surface area contributed by atoms with Gasteiger partial charge in [-0.2, -0.15) is 0 Å². The van der Waals surface area contributed by atoms with Crippen LogP contribution in [0.4, 0.5) is 0 Å². The molecule has 0 saturated carbocycles. The summed E-state index contributed by atoms with van der Waals surface area (Å²) in [5.41, 5.74) is 1.35. The summed E-state index contributed by atoms with van der Waals surface area (Å²) in [6.07, 6.45) is 0. The van der Waals surface area contributed by atoms with Crippen LogP contribution in [-0.4, -0.2) is 5.16 Å². The van der Waals surface area contributed by atoms with Crippen LogP contribution >= 0.6 is 46.4 Å². The summed E-state index contributed by atoms with van der Waals surface area (Å²) < 4.78 is 4.70. The highest BCUT2D eigenvalue weighted by Crippen LogP contribution is 2.37. The zero-order valence-corrected chi connectivity index (χ0v) is 13.7. The Labute approximate surface area is 145 Å². The molecule has 1 aromatic heterocycles. The van der Waals surface area contributed by atoms with E-state index in [1.165, 1.54) is 6.07 Å². The summed E-state index contributed by atoms with van der Waals surface area (Å²) in [5, 5.41) is 17.3. The van der Waals surface area contributed by atoms with E-state index in [0.29, 0.717) is 31.2 Å². The van der Waals surface area contributed by atoms with Crippen LogP contribution in [0.1, 0.15) is 0 Å². The summed E-state index contributed by atoms with van der Waals surface area (Å²) in [5.74, 6) is 0. The van der Waals surface area contributed by atoms with E-state index in [0.717, 1.165) is 0 Å². The van der Waals surface area contributed by atoms with E-state index in [1.54, 1.807) is 30.3 Å². The number of halogens is 4. The van der Waals surface area contributed by atoms with Gasteiger partial charge in [-0.1, -0.05) is 46.4 Å². The monoisotopic (exact) mass is 374 g/mol. The van der Waals surface area contributed by atoms with Crippen LogP contribution in [0.5, 0.6) is 0 Å². The Morgan fingerprint density at radius 3 is 1.95 bits per heavy atom. The van der Waals surface area contributed by atoms with Crippen molar-refractivity contribution in [2.45, 2.75) is 0 Å². The second-order valence-corrected chi connectivity index (χ2v) is 6.06. The van der Waals surface area contributed by atoms with Gasteiger partial charge < -0.3 is 5.21 Å². The summed E-state index contributed by atoms with van der Waals surface area (Å²) in [6.45, 7) is 0. The molecule has 3 rings (SSSR count). The molecule has 0 unspecified atom stereocenters. The molecular weight excluding hydrogens is 370 g/mol. The van der Waals surface area contributed by atoms with E-state index < -0.39 is 0 Å². The number of hydrogen-bond acceptors (Lipinski definition) is 3. The van der Waals surface area contributed by atoms with Crippen molar-refractivity contribution in [2.24, 2.45) is 0 Å². The second-order valence-electron chi connectivity index (χ2n) is 4.38. The minimum absolute atomic E-state index is 0.144. The molecule has 0 radical (unpaired) electrons. The fraction of sp³-hybridized carbons (Fsp3) is 0. The maximum Gasteiger partial charge on any atom is 0.257 e. The molecule has 0 N–H and O–H groups in total. The largest absolute Gasteiger partial charge is 0.359 e. The molecule has 0 aliphatic carbocycles. The fourth-order valence-corrected chi connectivity index (χ4v) is 3.01. The molecule has 2 aromatic carbocycles. The molecule has 0 saturated heterocycles. The van der Waals surface area contributed by atoms with Crippen molar-refractivity contribution in [1.82, 2.24) is 5.16 Å². The highest BCUT2D eigenvalue weighted by molar-refractivity contribution is 6.37. The highest BCUT2D eigenvalue weighted by Gasteiger charge is 2.26. The van der Waals surface area contributed by atoms with E-state index in [4.69, 9.17) is 51.0 Å². The molecule has 1 heterocycles. The third kappa shape index (κ3) is 2.75. The first-order valence-corrected chi connectivity index (χ1v) is 7.49. The Morgan fingerprint density at radius 1 is 0.864 bits per heavy atom. The number of aromatic nitrogens is 2. The van der Waals surface area contributed by atoms with Gasteiger partial charge in [-0.3, -0.25) is 4.63 Å². The molecule has 8 heteroatoms. The van der Waals surface area contributed by atoms with Crippen molar-refractivity contribution < 1.29 is 9.53 Å². The third-order valence-corrected chi connectivity index (χ3v) is 4.08. The van der Waals surface area contributed by atoms with E-state index >= 15 is 0 Å². The number of hydrogen-bond donors (Lipinski definition) is 0. The summed E-state index contributed by atoms with van der Waals surface area (Å²) >= 11 is 24.1. The summed E-state index contributed by atoms with van der Waals surface area (Å²) in [7, 11) is 0. The lowest BCUT2D eigenvalue weighted by Crippen LogP contribution is -2.25. The minimum atomic E-state index is 0.144. The first kappa shape index (κ1) is 15.4. The maximum absolute atomic E-state index is 12.0. The smallest absolute Gasteiger partial charge is 0.257 e. The van der Waals surface area contributed by atoms with Gasteiger partial charge in [0.1, 0.15) is 0 Å². The Kier molecular flexibility index (Phi) is 4.19. The van der Waals surface area contributed by atoms with Crippen LogP contribution in [-0.2, 0) is 0 Å². The van der Waals surface area contributed by atoms with Gasteiger partial charge in [-0.15, -0.1) is 0 Å². The standard InChI is InChI=1S/C14H6Cl4N2O2/c15-7-1-3-9(11(17)5-7)13-14(20(21)22-19-13)10-4-2-8(16)6-12(10)18/h1-6H. The van der Waals surface area contributed by atoms with E-state index in [-0.39, 0.29) is 16.3 Å². The first-order chi connectivity index (χ1) is 10.5. The Bertz CT molecular complexity index is 864. The van der Waals surface area contributed by atoms with Gasteiger partial charge in [-0.25, -0.2) is 0 Å². The van der Waals surface area contributed by atoms with Gasteiger partial charge in [0, 0.05) is 20.8 Å². The maximum atomic E-state index is 12.0. The van der Waals surface area contributed by atoms with Crippen molar-refractivity contribution in [3.8, 4) is 22.5 Å². The van der Waals surface area contributed by atoms with Gasteiger partial charge in [0.25, 0.3) is 5.69 Å². The number of rotatable bonds is 2. The third-order valence-electron chi connectivity index (χ3n) is 2.99. The molecule has 112 valence electrons. The van der Waals surface area contributed by atoms with Crippen molar-refractivity contribution >= 4 is 46.4 Å². The predicted molar refractivity (Wildman–Crippen MR) is 86.4 cm³/mol. The molecule has 0 spiro atoms. The van der Waals surface area contributed by atoms with E-state index in [9.17, 15) is 5.21 Å². The SMILES string of the molecule is [O-][n+]1onc(-c2ccc(Cl)cc2Cl)c1-c1ccc(Cl)cc1Cl. The average molecular weight is 376 g/mol. The van der Waals surface area contributed by atoms with Crippen LogP contribution in [0.15, 0.2) is 41.0 Å². The van der Waals surface area contributed by atoms with Gasteiger partial charge in [0.05, 0.1) is 15.6 Å². The van der Waals surface area contributed by atoms with Crippen LogP contribution in [0.2, 0.25) is 20.1 Å². The van der Waals surface area contributed by atoms with Crippen molar-refractivity contribution in [1.29, 1.82) is 0 Å². The quantitative estimate of drug-likeness (QED) is 0.574. The fourth-order valence-electron chi connectivity index (χ4n) is 2.01. The van der Waals surface area contributed by atoms with Gasteiger partial charge in [0.15, 0.2) is 0 Å². The molecule has 3 aromatic rings. The summed E-state index contributed by atoms with van der Waals surface area (Å²) in [6, 6.07) is 9.59. The topological polar surface area (TPSA) is 53.0 Å². The lowest BCUT2D eigenvalue weighted by atomic mass is 10.0. The number of nitrogens with zero attached hydrogens (tertiary/aromatic N) is 2. The highest BCUT2D eigenvalue weighted by atomic mass is 35.5. The minimum Gasteiger partial charge on any atom is -0.359 e. The second kappa shape index (κ2) is 5.97. The van der Waals surface area contributed by atoms with Crippen LogP contribution in [0.25, 0.3) is 22.5 Å². The predicted octanol–water partition coefficient (Wildman–Crippen LogP) is 5.26. The van der Waals surface area contributed by atoms with Crippen molar-refractivity contribution in [3.63, 3.8) is 0 Å². The van der Waals surface area contributed by atoms with Gasteiger partial charge in [0.2, 0.25) is 5.69 Å².